The van der Waals surface area contributed by atoms with Crippen molar-refractivity contribution in [3.63, 3.8) is 0 Å². The van der Waals surface area contributed by atoms with Crippen LogP contribution in [0, 0.1) is 5.41 Å². The highest BCUT2D eigenvalue weighted by atomic mass is 35.5. The predicted octanol–water partition coefficient (Wildman–Crippen LogP) is 5.47. The highest BCUT2D eigenvalue weighted by Gasteiger charge is 2.36. The summed E-state index contributed by atoms with van der Waals surface area (Å²) in [5.41, 5.74) is 1.60. The molecular formula is C27H21ClN4O4S. The van der Waals surface area contributed by atoms with Crippen molar-refractivity contribution in [1.29, 1.82) is 5.41 Å². The van der Waals surface area contributed by atoms with Crippen molar-refractivity contribution in [2.24, 2.45) is 10.1 Å². The Morgan fingerprint density at radius 3 is 2.43 bits per heavy atom. The third-order valence-electron chi connectivity index (χ3n) is 5.43. The van der Waals surface area contributed by atoms with Crippen molar-refractivity contribution in [2.75, 3.05) is 20.3 Å². The first-order chi connectivity index (χ1) is 18.0. The number of nitrogens with zero attached hydrogens (tertiary/aromatic N) is 3. The number of carbonyl (C=O) groups excluding carboxylic acids is 1. The van der Waals surface area contributed by atoms with Crippen LogP contribution in [0.15, 0.2) is 88.5 Å². The van der Waals surface area contributed by atoms with Crippen molar-refractivity contribution < 1.29 is 19.0 Å². The molecule has 0 aromatic heterocycles. The van der Waals surface area contributed by atoms with Gasteiger partial charge in [0.1, 0.15) is 24.0 Å². The molecule has 8 nitrogen and oxygen atoms in total. The van der Waals surface area contributed by atoms with E-state index in [-0.39, 0.29) is 11.4 Å². The molecule has 2 aliphatic heterocycles. The van der Waals surface area contributed by atoms with E-state index in [1.807, 2.05) is 42.5 Å². The summed E-state index contributed by atoms with van der Waals surface area (Å²) in [6.07, 6.45) is 1.62. The molecule has 2 heterocycles. The number of amides is 1. The molecule has 0 atom stereocenters. The van der Waals surface area contributed by atoms with Gasteiger partial charge in [0.25, 0.3) is 5.91 Å². The molecule has 0 unspecified atom stereocenters. The number of para-hydroxylation sites is 2. The fourth-order valence-corrected chi connectivity index (χ4v) is 4.82. The summed E-state index contributed by atoms with van der Waals surface area (Å²) in [5, 5.41) is 15.9. The van der Waals surface area contributed by atoms with E-state index in [4.69, 9.17) is 31.2 Å². The zero-order chi connectivity index (χ0) is 25.8. The number of thioether (sulfide) groups is 1. The monoisotopic (exact) mass is 532 g/mol. The molecule has 3 aromatic rings. The van der Waals surface area contributed by atoms with Crippen LogP contribution in [-0.2, 0) is 4.79 Å². The molecule has 0 aliphatic carbocycles. The first-order valence-corrected chi connectivity index (χ1v) is 12.5. The predicted molar refractivity (Wildman–Crippen MR) is 146 cm³/mol. The topological polar surface area (TPSA) is 96.6 Å². The largest absolute Gasteiger partial charge is 0.493 e. The van der Waals surface area contributed by atoms with Crippen LogP contribution in [0.3, 0.4) is 0 Å². The van der Waals surface area contributed by atoms with Crippen LogP contribution in [0.2, 0.25) is 5.02 Å². The molecule has 0 saturated heterocycles. The van der Waals surface area contributed by atoms with Gasteiger partial charge < -0.3 is 14.2 Å². The van der Waals surface area contributed by atoms with Crippen LogP contribution in [0.1, 0.15) is 11.1 Å². The number of carbonyl (C=O) groups is 1. The number of hydrazone groups is 1. The average molecular weight is 533 g/mol. The van der Waals surface area contributed by atoms with Gasteiger partial charge in [0.15, 0.2) is 17.3 Å². The highest BCUT2D eigenvalue weighted by molar-refractivity contribution is 8.27. The first kappa shape index (κ1) is 24.6. The normalized spacial score (nSPS) is 15.8. The third-order valence-corrected chi connectivity index (χ3v) is 6.70. The Morgan fingerprint density at radius 1 is 0.973 bits per heavy atom. The van der Waals surface area contributed by atoms with Crippen molar-refractivity contribution in [2.45, 2.75) is 0 Å². The Balaban J connectivity index is 1.23. The molecule has 1 N–H and O–H groups in total. The first-order valence-electron chi connectivity index (χ1n) is 11.3. The lowest BCUT2D eigenvalue weighted by Gasteiger charge is -2.20. The summed E-state index contributed by atoms with van der Waals surface area (Å²) >= 11 is 7.50. The van der Waals surface area contributed by atoms with Gasteiger partial charge in [-0.3, -0.25) is 10.2 Å². The van der Waals surface area contributed by atoms with E-state index in [0.717, 1.165) is 11.1 Å². The van der Waals surface area contributed by atoms with E-state index in [9.17, 15) is 4.79 Å². The maximum absolute atomic E-state index is 12.7. The molecular weight excluding hydrogens is 512 g/mol. The Kier molecular flexibility index (Phi) is 7.25. The van der Waals surface area contributed by atoms with Gasteiger partial charge in [-0.15, -0.1) is 0 Å². The van der Waals surface area contributed by atoms with Crippen LogP contribution in [-0.4, -0.2) is 47.3 Å². The van der Waals surface area contributed by atoms with Crippen LogP contribution in [0.5, 0.6) is 17.2 Å². The SMILES string of the molecule is COc1ccccc1OCCOc1ccc(/C=C2\C(=N)N3N=C(c4ccccc4Cl)SC3=NC2=O)cc1. The summed E-state index contributed by atoms with van der Waals surface area (Å²) in [5.74, 6) is 1.44. The lowest BCUT2D eigenvalue weighted by Crippen LogP contribution is -2.35. The summed E-state index contributed by atoms with van der Waals surface area (Å²) in [6, 6.07) is 21.9. The van der Waals surface area contributed by atoms with E-state index in [1.165, 1.54) is 16.8 Å². The van der Waals surface area contributed by atoms with E-state index < -0.39 is 5.91 Å². The van der Waals surface area contributed by atoms with Crippen molar-refractivity contribution in [3.8, 4) is 17.2 Å². The van der Waals surface area contributed by atoms with Crippen molar-refractivity contribution in [3.05, 3.63) is 94.5 Å². The summed E-state index contributed by atoms with van der Waals surface area (Å²) < 4.78 is 16.7. The Bertz CT molecular complexity index is 1450. The summed E-state index contributed by atoms with van der Waals surface area (Å²) in [7, 11) is 1.60. The van der Waals surface area contributed by atoms with Crippen LogP contribution in [0.4, 0.5) is 0 Å². The number of hydrogen-bond donors (Lipinski definition) is 1. The summed E-state index contributed by atoms with van der Waals surface area (Å²) in [6.45, 7) is 0.695. The highest BCUT2D eigenvalue weighted by Crippen LogP contribution is 2.33. The fourth-order valence-electron chi connectivity index (χ4n) is 3.61. The van der Waals surface area contributed by atoms with Crippen molar-refractivity contribution in [1.82, 2.24) is 5.01 Å². The number of halogens is 1. The van der Waals surface area contributed by atoms with E-state index in [2.05, 4.69) is 10.1 Å². The number of rotatable bonds is 8. The number of hydrogen-bond acceptors (Lipinski definition) is 7. The lowest BCUT2D eigenvalue weighted by atomic mass is 10.1. The zero-order valence-electron chi connectivity index (χ0n) is 19.7. The zero-order valence-corrected chi connectivity index (χ0v) is 21.3. The van der Waals surface area contributed by atoms with Crippen LogP contribution >= 0.6 is 23.4 Å². The molecule has 37 heavy (non-hydrogen) atoms. The molecule has 2 aliphatic rings. The lowest BCUT2D eigenvalue weighted by molar-refractivity contribution is -0.114. The fraction of sp³-hybridized carbons (Fsp3) is 0.111. The maximum atomic E-state index is 12.7. The number of benzene rings is 3. The number of amidine groups is 2. The van der Waals surface area contributed by atoms with Crippen molar-refractivity contribution >= 4 is 51.4 Å². The molecule has 0 spiro atoms. The molecule has 5 rings (SSSR count). The molecule has 0 saturated carbocycles. The third kappa shape index (κ3) is 5.37. The second-order valence-electron chi connectivity index (χ2n) is 7.82. The smallest absolute Gasteiger partial charge is 0.283 e. The van der Waals surface area contributed by atoms with E-state index in [0.29, 0.717) is 45.7 Å². The molecule has 0 bridgehead atoms. The van der Waals surface area contributed by atoms with Crippen LogP contribution in [0.25, 0.3) is 6.08 Å². The van der Waals surface area contributed by atoms with Gasteiger partial charge in [-0.05, 0) is 53.7 Å². The van der Waals surface area contributed by atoms with Gasteiger partial charge in [0.2, 0.25) is 5.17 Å². The van der Waals surface area contributed by atoms with Gasteiger partial charge in [-0.1, -0.05) is 54.1 Å². The molecule has 0 fully saturated rings. The van der Waals surface area contributed by atoms with Gasteiger partial charge in [0, 0.05) is 5.56 Å². The van der Waals surface area contributed by atoms with Gasteiger partial charge in [-0.25, -0.2) is 0 Å². The minimum Gasteiger partial charge on any atom is -0.493 e. The second kappa shape index (κ2) is 10.9. The molecule has 1 amide bonds. The summed E-state index contributed by atoms with van der Waals surface area (Å²) in [4.78, 5) is 16.8. The number of methoxy groups -OCH3 is 1. The maximum Gasteiger partial charge on any atom is 0.283 e. The van der Waals surface area contributed by atoms with Crippen LogP contribution < -0.4 is 14.2 Å². The van der Waals surface area contributed by atoms with E-state index in [1.54, 1.807) is 43.5 Å². The molecule has 10 heteroatoms. The van der Waals surface area contributed by atoms with E-state index >= 15 is 0 Å². The average Bonchev–Trinajstić information content (AvgIpc) is 3.34. The number of fused-ring (bicyclic) bond motifs is 1. The molecule has 3 aromatic carbocycles. The van der Waals surface area contributed by atoms with Gasteiger partial charge in [-0.2, -0.15) is 15.1 Å². The second-order valence-corrected chi connectivity index (χ2v) is 9.19. The number of aliphatic imine (C=N–C) groups is 1. The Morgan fingerprint density at radius 2 is 1.68 bits per heavy atom. The Labute approximate surface area is 222 Å². The number of nitrogens with one attached hydrogen (secondary N) is 1. The minimum atomic E-state index is -0.492. The number of ether oxygens (including phenoxy) is 3. The molecule has 186 valence electrons. The quantitative estimate of drug-likeness (QED) is 0.305. The molecule has 0 radical (unpaired) electrons. The standard InChI is InChI=1S/C27H21ClN4O4S/c1-34-22-8-4-5-9-23(22)36-15-14-35-18-12-10-17(11-13-18)16-20-24(29)32-27(30-25(20)33)37-26(31-32)19-6-2-3-7-21(19)28/h2-13,16,29H,14-15H2,1H3/b20-16+,29-24?. The van der Waals surface area contributed by atoms with Gasteiger partial charge >= 0.3 is 0 Å². The Hall–Kier alpha value is -4.08. The van der Waals surface area contributed by atoms with Gasteiger partial charge in [0.05, 0.1) is 17.7 Å². The minimum absolute atomic E-state index is 0.0432.